The normalized spacial score (nSPS) is 38.2. The summed E-state index contributed by atoms with van der Waals surface area (Å²) in [7, 11) is 0. The van der Waals surface area contributed by atoms with Gasteiger partial charge in [-0.15, -0.1) is 0 Å². The molecule has 52 heavy (non-hydrogen) atoms. The first-order valence-electron chi connectivity index (χ1n) is 16.3. The summed E-state index contributed by atoms with van der Waals surface area (Å²) in [4.78, 5) is 13.5. The molecule has 6 rings (SSSR count). The molecule has 3 aliphatic heterocycles. The number of aromatic hydroxyl groups is 1. The Morgan fingerprint density at radius 1 is 0.673 bits per heavy atom. The van der Waals surface area contributed by atoms with Crippen molar-refractivity contribution in [1.29, 1.82) is 0 Å². The fourth-order valence-corrected chi connectivity index (χ4v) is 6.19. The second-order valence-corrected chi connectivity index (χ2v) is 12.7. The topological polar surface area (TPSA) is 308 Å². The van der Waals surface area contributed by atoms with E-state index in [0.29, 0.717) is 5.56 Å². The molecule has 11 N–H and O–H groups in total. The number of aliphatic hydroxyl groups excluding tert-OH is 10. The summed E-state index contributed by atoms with van der Waals surface area (Å²) in [6.45, 7) is -0.332. The molecule has 0 bridgehead atoms. The van der Waals surface area contributed by atoms with Crippen LogP contribution in [0.15, 0.2) is 51.7 Å². The summed E-state index contributed by atoms with van der Waals surface area (Å²) < 4.78 is 40.1. The molecule has 0 unspecified atom stereocenters. The zero-order valence-corrected chi connectivity index (χ0v) is 27.3. The summed E-state index contributed by atoms with van der Waals surface area (Å²) in [6, 6.07) is 10.6. The standard InChI is InChI=1S/C33H40O19/c1-11-20(37)24(41)27(44)31(46-11)52-30-26(43)22(39)18(10-35)50-33(30)51-29-16(48-32-28(45)25(42)21(38)17(9-34)49-32)8-15-19(23(29)40)13(36)7-14(47-15)12-5-3-2-4-6-12/h2-8,11,17-18,20-22,24-28,30-35,37-45H,9-10H2,1H3/t11-,17+,18+,20-,21+,22+,24+,25-,26-,27+,28+,30+,31-,32+,33-/m0/s1. The van der Waals surface area contributed by atoms with Gasteiger partial charge in [0.15, 0.2) is 29.3 Å². The lowest BCUT2D eigenvalue weighted by atomic mass is 9.97. The number of fused-ring (bicyclic) bond motifs is 1. The van der Waals surface area contributed by atoms with Crippen molar-refractivity contribution in [2.75, 3.05) is 13.2 Å². The molecule has 286 valence electrons. The highest BCUT2D eigenvalue weighted by Gasteiger charge is 2.52. The predicted molar refractivity (Wildman–Crippen MR) is 170 cm³/mol. The number of rotatable bonds is 9. The number of hydrogen-bond acceptors (Lipinski definition) is 19. The molecule has 0 radical (unpaired) electrons. The number of ether oxygens (including phenoxy) is 6. The van der Waals surface area contributed by atoms with Crippen molar-refractivity contribution < 1.29 is 89.0 Å². The quantitative estimate of drug-likeness (QED) is 0.101. The van der Waals surface area contributed by atoms with Crippen molar-refractivity contribution in [2.24, 2.45) is 0 Å². The Morgan fingerprint density at radius 3 is 1.92 bits per heavy atom. The van der Waals surface area contributed by atoms with Crippen LogP contribution in [0, 0.1) is 0 Å². The average Bonchev–Trinajstić information content (AvgIpc) is 3.13. The maximum atomic E-state index is 13.5. The fraction of sp³-hybridized carbons (Fsp3) is 0.545. The zero-order valence-electron chi connectivity index (χ0n) is 27.3. The lowest BCUT2D eigenvalue weighted by Gasteiger charge is -2.45. The molecule has 3 fully saturated rings. The number of hydrogen-bond donors (Lipinski definition) is 11. The molecule has 19 heteroatoms. The minimum absolute atomic E-state index is 0.0736. The van der Waals surface area contributed by atoms with Gasteiger partial charge >= 0.3 is 0 Å². The van der Waals surface area contributed by atoms with Gasteiger partial charge in [-0.2, -0.15) is 0 Å². The van der Waals surface area contributed by atoms with Gasteiger partial charge in [-0.1, -0.05) is 30.3 Å². The first-order chi connectivity index (χ1) is 24.7. The third kappa shape index (κ3) is 7.09. The van der Waals surface area contributed by atoms with E-state index in [1.807, 2.05) is 0 Å². The maximum absolute atomic E-state index is 13.5. The summed E-state index contributed by atoms with van der Waals surface area (Å²) >= 11 is 0. The van der Waals surface area contributed by atoms with E-state index in [1.54, 1.807) is 30.3 Å². The van der Waals surface area contributed by atoms with Crippen LogP contribution in [-0.2, 0) is 18.9 Å². The smallest absolute Gasteiger partial charge is 0.230 e. The van der Waals surface area contributed by atoms with Crippen molar-refractivity contribution in [3.8, 4) is 28.6 Å². The Morgan fingerprint density at radius 2 is 1.27 bits per heavy atom. The highest BCUT2D eigenvalue weighted by molar-refractivity contribution is 5.89. The van der Waals surface area contributed by atoms with Gasteiger partial charge in [0, 0.05) is 17.7 Å². The van der Waals surface area contributed by atoms with E-state index in [2.05, 4.69) is 0 Å². The van der Waals surface area contributed by atoms with Gasteiger partial charge in [0.05, 0.1) is 19.3 Å². The summed E-state index contributed by atoms with van der Waals surface area (Å²) in [6.07, 6.45) is -26.1. The molecule has 0 amide bonds. The molecule has 3 aliphatic rings. The van der Waals surface area contributed by atoms with E-state index < -0.39 is 133 Å². The van der Waals surface area contributed by atoms with Gasteiger partial charge in [-0.3, -0.25) is 4.79 Å². The Kier molecular flexibility index (Phi) is 11.4. The van der Waals surface area contributed by atoms with Crippen molar-refractivity contribution in [1.82, 2.24) is 0 Å². The molecule has 19 nitrogen and oxygen atoms in total. The molecule has 2 aromatic carbocycles. The molecule has 4 heterocycles. The van der Waals surface area contributed by atoms with Gasteiger partial charge in [-0.25, -0.2) is 0 Å². The predicted octanol–water partition coefficient (Wildman–Crippen LogP) is -3.63. The van der Waals surface area contributed by atoms with E-state index in [0.717, 1.165) is 12.1 Å². The van der Waals surface area contributed by atoms with Crippen LogP contribution in [0.3, 0.4) is 0 Å². The number of phenolic OH excluding ortho intramolecular Hbond substituents is 1. The fourth-order valence-electron chi connectivity index (χ4n) is 6.19. The number of phenols is 1. The number of benzene rings is 2. The second-order valence-electron chi connectivity index (χ2n) is 12.7. The highest BCUT2D eigenvalue weighted by Crippen LogP contribution is 2.45. The van der Waals surface area contributed by atoms with Crippen LogP contribution in [0.4, 0.5) is 0 Å². The maximum Gasteiger partial charge on any atom is 0.230 e. The molecule has 0 spiro atoms. The first-order valence-corrected chi connectivity index (χ1v) is 16.3. The highest BCUT2D eigenvalue weighted by atomic mass is 16.8. The van der Waals surface area contributed by atoms with Crippen LogP contribution in [-0.4, -0.2) is 162 Å². The lowest BCUT2D eigenvalue weighted by Crippen LogP contribution is -2.64. The van der Waals surface area contributed by atoms with Crippen LogP contribution in [0.1, 0.15) is 6.92 Å². The molecular weight excluding hydrogens is 700 g/mol. The van der Waals surface area contributed by atoms with Gasteiger partial charge in [0.1, 0.15) is 77.8 Å². The third-order valence-electron chi connectivity index (χ3n) is 9.22. The number of aliphatic hydroxyl groups is 10. The Labute approximate surface area is 293 Å². The minimum Gasteiger partial charge on any atom is -0.504 e. The third-order valence-corrected chi connectivity index (χ3v) is 9.22. The van der Waals surface area contributed by atoms with E-state index in [-0.39, 0.29) is 11.3 Å². The lowest BCUT2D eigenvalue weighted by molar-refractivity contribution is -0.354. The van der Waals surface area contributed by atoms with Gasteiger partial charge in [0.25, 0.3) is 0 Å². The Bertz CT molecular complexity index is 1740. The van der Waals surface area contributed by atoms with Crippen LogP contribution in [0.25, 0.3) is 22.3 Å². The largest absolute Gasteiger partial charge is 0.504 e. The van der Waals surface area contributed by atoms with E-state index in [9.17, 15) is 61.0 Å². The van der Waals surface area contributed by atoms with Gasteiger partial charge in [0.2, 0.25) is 18.3 Å². The molecule has 3 aromatic rings. The van der Waals surface area contributed by atoms with Crippen molar-refractivity contribution in [3.63, 3.8) is 0 Å². The zero-order chi connectivity index (χ0) is 37.6. The molecule has 1 aromatic heterocycles. The molecule has 0 saturated carbocycles. The van der Waals surface area contributed by atoms with Crippen molar-refractivity contribution in [2.45, 2.75) is 99.0 Å². The van der Waals surface area contributed by atoms with Crippen LogP contribution >= 0.6 is 0 Å². The van der Waals surface area contributed by atoms with E-state index in [4.69, 9.17) is 32.8 Å². The van der Waals surface area contributed by atoms with Crippen LogP contribution in [0.5, 0.6) is 17.2 Å². The summed E-state index contributed by atoms with van der Waals surface area (Å²) in [5, 5.41) is 115. The minimum atomic E-state index is -1.97. The SMILES string of the molecule is C[C@@H]1O[C@@H](O[C@H]2[C@H](Oc3c(O[C@@H]4O[C@H](CO)[C@@H](O)[C@H](O)[C@H]4O)cc4oc(-c5ccccc5)cc(=O)c4c3O)O[C@H](CO)[C@@H](O)[C@@H]2O)[C@H](O)[C@H](O)[C@H]1O. The molecular formula is C33H40O19. The van der Waals surface area contributed by atoms with Crippen LogP contribution in [0.2, 0.25) is 0 Å². The first kappa shape index (κ1) is 38.2. The summed E-state index contributed by atoms with van der Waals surface area (Å²) in [5.41, 5.74) is -0.574. The molecule has 15 atom stereocenters. The average molecular weight is 741 g/mol. The molecule has 3 saturated heterocycles. The molecule has 0 aliphatic carbocycles. The van der Waals surface area contributed by atoms with Crippen LogP contribution < -0.4 is 14.9 Å². The summed E-state index contributed by atoms with van der Waals surface area (Å²) in [5.74, 6) is -2.19. The van der Waals surface area contributed by atoms with Gasteiger partial charge < -0.3 is 89.0 Å². The van der Waals surface area contributed by atoms with Crippen molar-refractivity contribution >= 4 is 11.0 Å². The second kappa shape index (κ2) is 15.5. The Hall–Kier alpha value is -3.51. The van der Waals surface area contributed by atoms with Crippen molar-refractivity contribution in [3.05, 3.63) is 52.7 Å². The van der Waals surface area contributed by atoms with E-state index in [1.165, 1.54) is 6.92 Å². The monoisotopic (exact) mass is 740 g/mol. The van der Waals surface area contributed by atoms with Gasteiger partial charge in [-0.05, 0) is 6.92 Å². The Balaban J connectivity index is 1.44. The van der Waals surface area contributed by atoms with E-state index >= 15 is 0 Å².